The largest absolute Gasteiger partial charge is 0.492 e. The Morgan fingerprint density at radius 2 is 1.53 bits per heavy atom. The molecule has 4 aromatic carbocycles. The second kappa shape index (κ2) is 11.4. The molecule has 36 heavy (non-hydrogen) atoms. The van der Waals surface area contributed by atoms with E-state index < -0.39 is 10.0 Å². The molecule has 0 bridgehead atoms. The number of amides is 1. The van der Waals surface area contributed by atoms with Gasteiger partial charge < -0.3 is 10.1 Å². The monoisotopic (exact) mass is 564 g/mol. The number of nitrogens with one attached hydrogen (secondary N) is 1. The van der Waals surface area contributed by atoms with E-state index in [2.05, 4.69) is 33.4 Å². The summed E-state index contributed by atoms with van der Waals surface area (Å²) in [4.78, 5) is 12.9. The number of hydrogen-bond acceptors (Lipinski definition) is 4. The fourth-order valence-corrected chi connectivity index (χ4v) is 5.22. The lowest BCUT2D eigenvalue weighted by atomic mass is 10.1. The Balaban J connectivity index is 1.37. The van der Waals surface area contributed by atoms with Gasteiger partial charge in [-0.15, -0.1) is 0 Å². The zero-order valence-corrected chi connectivity index (χ0v) is 22.0. The molecule has 4 aromatic rings. The molecule has 0 atom stereocenters. The number of nitrogens with zero attached hydrogens (tertiary/aromatic N) is 1. The summed E-state index contributed by atoms with van der Waals surface area (Å²) in [5, 5.41) is 2.80. The molecule has 0 saturated carbocycles. The van der Waals surface area contributed by atoms with Crippen LogP contribution in [-0.2, 0) is 16.4 Å². The number of carbonyl (C=O) groups is 1. The number of hydrogen-bond donors (Lipinski definition) is 1. The van der Waals surface area contributed by atoms with Gasteiger partial charge in [-0.25, -0.2) is 8.42 Å². The smallest absolute Gasteiger partial charge is 0.264 e. The van der Waals surface area contributed by atoms with Gasteiger partial charge in [-0.3, -0.25) is 9.10 Å². The van der Waals surface area contributed by atoms with Crippen LogP contribution in [0.4, 0.5) is 11.4 Å². The van der Waals surface area contributed by atoms with Gasteiger partial charge in [0.05, 0.1) is 21.7 Å². The molecule has 8 heteroatoms. The normalized spacial score (nSPS) is 11.1. The van der Waals surface area contributed by atoms with Crippen LogP contribution < -0.4 is 14.4 Å². The number of rotatable bonds is 9. The maximum absolute atomic E-state index is 12.9. The van der Waals surface area contributed by atoms with Crippen molar-refractivity contribution in [2.75, 3.05) is 23.3 Å². The highest BCUT2D eigenvalue weighted by atomic mass is 79.9. The van der Waals surface area contributed by atoms with Crippen LogP contribution in [0.3, 0.4) is 0 Å². The van der Waals surface area contributed by atoms with Crippen LogP contribution in [-0.4, -0.2) is 28.0 Å². The minimum atomic E-state index is -3.72. The highest BCUT2D eigenvalue weighted by Crippen LogP contribution is 2.27. The minimum absolute atomic E-state index is 0.131. The highest BCUT2D eigenvalue weighted by Gasteiger charge is 2.21. The molecule has 0 spiro atoms. The topological polar surface area (TPSA) is 75.7 Å². The van der Waals surface area contributed by atoms with Crippen molar-refractivity contribution in [3.8, 4) is 5.75 Å². The van der Waals surface area contributed by atoms with Crippen LogP contribution in [0.5, 0.6) is 5.75 Å². The Kier molecular flexibility index (Phi) is 8.07. The Labute approximate surface area is 219 Å². The number of para-hydroxylation sites is 1. The molecule has 0 heterocycles. The second-order valence-electron chi connectivity index (χ2n) is 8.02. The third-order valence-electron chi connectivity index (χ3n) is 5.58. The average molecular weight is 565 g/mol. The standard InChI is InChI=1S/C28H25BrN2O4S/c1-31(24-10-6-3-7-11-24)36(33,34)25-15-13-23(14-16-25)30-28(32)22-12-17-27(26(29)20-22)35-19-18-21-8-4-2-5-9-21/h2-17,20H,18-19H2,1H3,(H,30,32). The summed E-state index contributed by atoms with van der Waals surface area (Å²) in [6.45, 7) is 0.517. The molecule has 0 radical (unpaired) electrons. The van der Waals surface area contributed by atoms with Gasteiger partial charge >= 0.3 is 0 Å². The molecule has 4 rings (SSSR count). The SMILES string of the molecule is CN(c1ccccc1)S(=O)(=O)c1ccc(NC(=O)c2ccc(OCCc3ccccc3)c(Br)c2)cc1. The maximum Gasteiger partial charge on any atom is 0.264 e. The molecule has 0 saturated heterocycles. The molecule has 0 aromatic heterocycles. The van der Waals surface area contributed by atoms with Crippen LogP contribution in [0.2, 0.25) is 0 Å². The second-order valence-corrected chi connectivity index (χ2v) is 10.8. The van der Waals surface area contributed by atoms with E-state index >= 15 is 0 Å². The lowest BCUT2D eigenvalue weighted by Crippen LogP contribution is -2.26. The summed E-state index contributed by atoms with van der Waals surface area (Å²) in [5.41, 5.74) is 2.68. The minimum Gasteiger partial charge on any atom is -0.492 e. The van der Waals surface area contributed by atoms with Gasteiger partial charge in [0.15, 0.2) is 0 Å². The van der Waals surface area contributed by atoms with Gasteiger partial charge in [0.1, 0.15) is 5.75 Å². The van der Waals surface area contributed by atoms with Gasteiger partial charge in [0, 0.05) is 24.7 Å². The van der Waals surface area contributed by atoms with Crippen molar-refractivity contribution < 1.29 is 17.9 Å². The Bertz CT molecular complexity index is 1430. The summed E-state index contributed by atoms with van der Waals surface area (Å²) in [5.74, 6) is 0.336. The van der Waals surface area contributed by atoms with Crippen molar-refractivity contribution in [1.82, 2.24) is 0 Å². The van der Waals surface area contributed by atoms with E-state index in [0.29, 0.717) is 33.8 Å². The summed E-state index contributed by atoms with van der Waals surface area (Å²) >= 11 is 3.48. The summed E-state index contributed by atoms with van der Waals surface area (Å²) in [6.07, 6.45) is 0.780. The predicted octanol–water partition coefficient (Wildman–Crippen LogP) is 6.15. The molecule has 0 aliphatic heterocycles. The van der Waals surface area contributed by atoms with Crippen LogP contribution in [0, 0.1) is 0 Å². The Hall–Kier alpha value is -3.62. The molecule has 1 amide bonds. The summed E-state index contributed by atoms with van der Waals surface area (Å²) in [6, 6.07) is 30.1. The molecule has 0 aliphatic carbocycles. The van der Waals surface area contributed by atoms with Crippen molar-refractivity contribution in [3.05, 3.63) is 119 Å². The summed E-state index contributed by atoms with van der Waals surface area (Å²) in [7, 11) is -2.22. The zero-order chi connectivity index (χ0) is 25.5. The van der Waals surface area contributed by atoms with E-state index in [1.165, 1.54) is 29.0 Å². The van der Waals surface area contributed by atoms with E-state index in [1.54, 1.807) is 54.6 Å². The highest BCUT2D eigenvalue weighted by molar-refractivity contribution is 9.10. The average Bonchev–Trinajstić information content (AvgIpc) is 2.90. The van der Waals surface area contributed by atoms with Crippen LogP contribution in [0.25, 0.3) is 0 Å². The fourth-order valence-electron chi connectivity index (χ4n) is 3.53. The van der Waals surface area contributed by atoms with E-state index in [1.807, 2.05) is 24.3 Å². The number of sulfonamides is 1. The van der Waals surface area contributed by atoms with Gasteiger partial charge in [-0.2, -0.15) is 0 Å². The molecular formula is C28H25BrN2O4S. The van der Waals surface area contributed by atoms with Crippen molar-refractivity contribution in [3.63, 3.8) is 0 Å². The van der Waals surface area contributed by atoms with E-state index in [9.17, 15) is 13.2 Å². The summed E-state index contributed by atoms with van der Waals surface area (Å²) < 4.78 is 33.6. The van der Waals surface area contributed by atoms with E-state index in [0.717, 1.165) is 6.42 Å². The van der Waals surface area contributed by atoms with Gasteiger partial charge in [0.2, 0.25) is 0 Å². The van der Waals surface area contributed by atoms with Crippen molar-refractivity contribution >= 4 is 43.2 Å². The number of anilines is 2. The van der Waals surface area contributed by atoms with Crippen molar-refractivity contribution in [1.29, 1.82) is 0 Å². The van der Waals surface area contributed by atoms with Crippen LogP contribution >= 0.6 is 15.9 Å². The third kappa shape index (κ3) is 6.13. The lowest BCUT2D eigenvalue weighted by Gasteiger charge is -2.19. The maximum atomic E-state index is 12.9. The first-order chi connectivity index (χ1) is 17.3. The molecule has 6 nitrogen and oxygen atoms in total. The quantitative estimate of drug-likeness (QED) is 0.264. The number of carbonyl (C=O) groups excluding carboxylic acids is 1. The molecule has 0 unspecified atom stereocenters. The zero-order valence-electron chi connectivity index (χ0n) is 19.6. The van der Waals surface area contributed by atoms with Crippen LogP contribution in [0.15, 0.2) is 112 Å². The molecule has 184 valence electrons. The van der Waals surface area contributed by atoms with Gasteiger partial charge in [-0.05, 0) is 76.1 Å². The first kappa shape index (κ1) is 25.5. The van der Waals surface area contributed by atoms with Gasteiger partial charge in [0.25, 0.3) is 15.9 Å². The molecule has 1 N–H and O–H groups in total. The van der Waals surface area contributed by atoms with Crippen molar-refractivity contribution in [2.45, 2.75) is 11.3 Å². The van der Waals surface area contributed by atoms with E-state index in [-0.39, 0.29) is 10.8 Å². The van der Waals surface area contributed by atoms with Gasteiger partial charge in [-0.1, -0.05) is 48.5 Å². The third-order valence-corrected chi connectivity index (χ3v) is 8.00. The lowest BCUT2D eigenvalue weighted by molar-refractivity contribution is 0.102. The first-order valence-corrected chi connectivity index (χ1v) is 13.5. The van der Waals surface area contributed by atoms with E-state index in [4.69, 9.17) is 4.74 Å². The molecule has 0 fully saturated rings. The molecular weight excluding hydrogens is 540 g/mol. The first-order valence-electron chi connectivity index (χ1n) is 11.3. The molecule has 0 aliphatic rings. The van der Waals surface area contributed by atoms with Crippen molar-refractivity contribution in [2.24, 2.45) is 0 Å². The Morgan fingerprint density at radius 3 is 2.17 bits per heavy atom. The fraction of sp³-hybridized carbons (Fsp3) is 0.107. The number of benzene rings is 4. The Morgan fingerprint density at radius 1 is 0.889 bits per heavy atom. The predicted molar refractivity (Wildman–Crippen MR) is 146 cm³/mol. The number of ether oxygens (including phenoxy) is 1. The number of halogens is 1. The van der Waals surface area contributed by atoms with Crippen LogP contribution in [0.1, 0.15) is 15.9 Å².